The maximum absolute atomic E-state index is 13.1. The van der Waals surface area contributed by atoms with Crippen LogP contribution in [0, 0.1) is 11.3 Å². The second-order valence-corrected chi connectivity index (χ2v) is 10.5. The Morgan fingerprint density at radius 2 is 1.96 bits per heavy atom. The van der Waals surface area contributed by atoms with E-state index in [1.54, 1.807) is 11.3 Å². The van der Waals surface area contributed by atoms with Gasteiger partial charge >= 0.3 is 0 Å². The van der Waals surface area contributed by atoms with E-state index in [0.717, 1.165) is 50.5 Å². The van der Waals surface area contributed by atoms with Crippen LogP contribution in [0.15, 0.2) is 4.79 Å². The molecule has 2 aromatic rings. The minimum absolute atomic E-state index is 0.0481. The second kappa shape index (κ2) is 7.58. The van der Waals surface area contributed by atoms with Gasteiger partial charge in [-0.3, -0.25) is 9.59 Å². The lowest BCUT2D eigenvalue weighted by molar-refractivity contribution is -0.122. The Bertz CT molecular complexity index is 934. The largest absolute Gasteiger partial charge is 0.352 e. The molecule has 6 nitrogen and oxygen atoms in total. The third kappa shape index (κ3) is 3.86. The van der Waals surface area contributed by atoms with Crippen molar-refractivity contribution >= 4 is 27.5 Å². The molecule has 2 aliphatic rings. The number of hydrogen-bond donors (Lipinski definition) is 1. The average Bonchev–Trinajstić information content (AvgIpc) is 3.02. The van der Waals surface area contributed by atoms with Gasteiger partial charge < -0.3 is 5.32 Å². The molecular weight excluding hydrogens is 372 g/mol. The van der Waals surface area contributed by atoms with Gasteiger partial charge in [0.15, 0.2) is 4.83 Å². The van der Waals surface area contributed by atoms with Gasteiger partial charge in [-0.1, -0.05) is 45.2 Å². The van der Waals surface area contributed by atoms with Crippen molar-refractivity contribution in [2.45, 2.75) is 84.7 Å². The monoisotopic (exact) mass is 402 g/mol. The van der Waals surface area contributed by atoms with Gasteiger partial charge in [0.05, 0.1) is 5.39 Å². The lowest BCUT2D eigenvalue weighted by Crippen LogP contribution is -2.40. The summed E-state index contributed by atoms with van der Waals surface area (Å²) in [5, 5.41) is 12.1. The summed E-state index contributed by atoms with van der Waals surface area (Å²) < 4.78 is 1.24. The highest BCUT2D eigenvalue weighted by atomic mass is 32.1. The van der Waals surface area contributed by atoms with Crippen LogP contribution in [-0.4, -0.2) is 26.9 Å². The molecule has 0 radical (unpaired) electrons. The Balaban J connectivity index is 1.56. The van der Waals surface area contributed by atoms with Crippen molar-refractivity contribution in [2.75, 3.05) is 0 Å². The third-order valence-electron chi connectivity index (χ3n) is 6.43. The highest BCUT2D eigenvalue weighted by molar-refractivity contribution is 7.18. The van der Waals surface area contributed by atoms with E-state index < -0.39 is 0 Å². The first-order chi connectivity index (χ1) is 13.3. The maximum Gasteiger partial charge on any atom is 0.279 e. The molecule has 0 spiro atoms. The lowest BCUT2D eigenvalue weighted by Gasteiger charge is -2.33. The first kappa shape index (κ1) is 19.6. The number of fused-ring (bicyclic) bond motifs is 3. The number of carbonyl (C=O) groups excluding carboxylic acids is 1. The zero-order valence-corrected chi connectivity index (χ0v) is 17.9. The van der Waals surface area contributed by atoms with E-state index in [9.17, 15) is 9.59 Å². The average molecular weight is 403 g/mol. The molecular formula is C21H30N4O2S. The topological polar surface area (TPSA) is 76.9 Å². The summed E-state index contributed by atoms with van der Waals surface area (Å²) >= 11 is 1.60. The predicted molar refractivity (Wildman–Crippen MR) is 112 cm³/mol. The second-order valence-electron chi connectivity index (χ2n) is 9.44. The number of amides is 1. The summed E-state index contributed by atoms with van der Waals surface area (Å²) in [4.78, 5) is 27.5. The van der Waals surface area contributed by atoms with E-state index in [1.165, 1.54) is 16.0 Å². The van der Waals surface area contributed by atoms with Gasteiger partial charge in [-0.25, -0.2) is 4.68 Å². The highest BCUT2D eigenvalue weighted by Gasteiger charge is 2.32. The van der Waals surface area contributed by atoms with E-state index in [-0.39, 0.29) is 29.5 Å². The van der Waals surface area contributed by atoms with Crippen molar-refractivity contribution in [3.05, 3.63) is 20.8 Å². The molecule has 1 saturated carbocycles. The summed E-state index contributed by atoms with van der Waals surface area (Å²) in [5.41, 5.74) is 1.23. The van der Waals surface area contributed by atoms with Crippen molar-refractivity contribution in [1.82, 2.24) is 20.3 Å². The van der Waals surface area contributed by atoms with E-state index in [0.29, 0.717) is 16.1 Å². The molecule has 2 aromatic heterocycles. The molecule has 2 aliphatic carbocycles. The summed E-state index contributed by atoms with van der Waals surface area (Å²) in [6.45, 7) is 6.81. The third-order valence-corrected chi connectivity index (χ3v) is 7.57. The molecule has 4 rings (SSSR count). The summed E-state index contributed by atoms with van der Waals surface area (Å²) in [6.07, 6.45) is 8.62. The molecule has 0 unspecified atom stereocenters. The van der Waals surface area contributed by atoms with Crippen LogP contribution in [0.2, 0.25) is 0 Å². The fraction of sp³-hybridized carbons (Fsp3) is 0.714. The Morgan fingerprint density at radius 1 is 1.21 bits per heavy atom. The molecule has 1 atom stereocenters. The number of thiophene rings is 1. The SMILES string of the molecule is CC(C)(C)[C@H]1CCc2c(sc3nnn(CC(=O)NC4CCCCC4)c(=O)c23)C1. The van der Waals surface area contributed by atoms with Gasteiger partial charge in [0.1, 0.15) is 6.54 Å². The molecule has 2 heterocycles. The van der Waals surface area contributed by atoms with Crippen LogP contribution in [0.4, 0.5) is 0 Å². The highest BCUT2D eigenvalue weighted by Crippen LogP contribution is 2.41. The van der Waals surface area contributed by atoms with Gasteiger partial charge in [0.25, 0.3) is 5.56 Å². The fourth-order valence-electron chi connectivity index (χ4n) is 4.63. The zero-order chi connectivity index (χ0) is 19.9. The maximum atomic E-state index is 13.1. The van der Waals surface area contributed by atoms with Gasteiger partial charge in [0.2, 0.25) is 5.91 Å². The normalized spacial score (nSPS) is 20.9. The summed E-state index contributed by atoms with van der Waals surface area (Å²) in [7, 11) is 0. The molecule has 7 heteroatoms. The Kier molecular flexibility index (Phi) is 5.29. The molecule has 0 aromatic carbocycles. The minimum atomic E-state index is -0.171. The van der Waals surface area contributed by atoms with Crippen LogP contribution in [0.5, 0.6) is 0 Å². The van der Waals surface area contributed by atoms with E-state index in [1.807, 2.05) is 0 Å². The molecule has 0 bridgehead atoms. The standard InChI is InChI=1S/C21H30N4O2S/c1-21(2,3)13-9-10-15-16(11-13)28-19-18(15)20(27)25(24-23-19)12-17(26)22-14-7-5-4-6-8-14/h13-14H,4-12H2,1-3H3,(H,22,26)/t13-/m0/s1. The van der Waals surface area contributed by atoms with Crippen molar-refractivity contribution in [3.8, 4) is 0 Å². The number of hydrogen-bond acceptors (Lipinski definition) is 5. The van der Waals surface area contributed by atoms with Crippen LogP contribution in [0.3, 0.4) is 0 Å². The molecule has 28 heavy (non-hydrogen) atoms. The van der Waals surface area contributed by atoms with Gasteiger partial charge in [-0.05, 0) is 49.0 Å². The Labute approximate surface area is 169 Å². The molecule has 0 aliphatic heterocycles. The summed E-state index contributed by atoms with van der Waals surface area (Å²) in [5.74, 6) is 0.476. The number of carbonyl (C=O) groups is 1. The number of aryl methyl sites for hydroxylation is 1. The van der Waals surface area contributed by atoms with Crippen molar-refractivity contribution in [2.24, 2.45) is 11.3 Å². The van der Waals surface area contributed by atoms with E-state index in [4.69, 9.17) is 0 Å². The molecule has 1 fully saturated rings. The van der Waals surface area contributed by atoms with Crippen LogP contribution in [0.1, 0.15) is 69.7 Å². The quantitative estimate of drug-likeness (QED) is 0.853. The zero-order valence-electron chi connectivity index (χ0n) is 17.1. The lowest BCUT2D eigenvalue weighted by atomic mass is 9.72. The van der Waals surface area contributed by atoms with Crippen molar-refractivity contribution in [3.63, 3.8) is 0 Å². The molecule has 152 valence electrons. The van der Waals surface area contributed by atoms with Crippen LogP contribution in [0.25, 0.3) is 10.2 Å². The van der Waals surface area contributed by atoms with Crippen LogP contribution >= 0.6 is 11.3 Å². The van der Waals surface area contributed by atoms with Gasteiger partial charge in [-0.15, -0.1) is 16.4 Å². The molecule has 0 saturated heterocycles. The number of aromatic nitrogens is 3. The first-order valence-electron chi connectivity index (χ1n) is 10.5. The van der Waals surface area contributed by atoms with Crippen LogP contribution in [-0.2, 0) is 24.2 Å². The Morgan fingerprint density at radius 3 is 2.68 bits per heavy atom. The minimum Gasteiger partial charge on any atom is -0.352 e. The van der Waals surface area contributed by atoms with E-state index in [2.05, 4.69) is 36.4 Å². The molecule has 1 N–H and O–H groups in total. The summed E-state index contributed by atoms with van der Waals surface area (Å²) in [6, 6.07) is 0.233. The Hall–Kier alpha value is -1.76. The van der Waals surface area contributed by atoms with Crippen LogP contribution < -0.4 is 10.9 Å². The fourth-order valence-corrected chi connectivity index (χ4v) is 5.86. The first-order valence-corrected chi connectivity index (χ1v) is 11.3. The van der Waals surface area contributed by atoms with Crippen molar-refractivity contribution in [1.29, 1.82) is 0 Å². The molecule has 1 amide bonds. The number of rotatable bonds is 3. The predicted octanol–water partition coefficient (Wildman–Crippen LogP) is 3.45. The van der Waals surface area contributed by atoms with Gasteiger partial charge in [-0.2, -0.15) is 0 Å². The number of nitrogens with zero attached hydrogens (tertiary/aromatic N) is 3. The van der Waals surface area contributed by atoms with Crippen molar-refractivity contribution < 1.29 is 4.79 Å². The smallest absolute Gasteiger partial charge is 0.279 e. The number of nitrogens with one attached hydrogen (secondary N) is 1. The van der Waals surface area contributed by atoms with Gasteiger partial charge in [0, 0.05) is 10.9 Å². The van der Waals surface area contributed by atoms with E-state index >= 15 is 0 Å².